The van der Waals surface area contributed by atoms with Crippen LogP contribution >= 0.6 is 0 Å². The lowest BCUT2D eigenvalue weighted by molar-refractivity contribution is 0.502. The van der Waals surface area contributed by atoms with Gasteiger partial charge in [0.2, 0.25) is 0 Å². The van der Waals surface area contributed by atoms with Gasteiger partial charge in [-0.15, -0.1) is 0 Å². The first kappa shape index (κ1) is 11.2. The third-order valence-corrected chi connectivity index (χ3v) is 3.24. The minimum absolute atomic E-state index is 0.782. The second kappa shape index (κ2) is 5.19. The van der Waals surface area contributed by atoms with Crippen LogP contribution in [0.3, 0.4) is 0 Å². The summed E-state index contributed by atoms with van der Waals surface area (Å²) in [7, 11) is 2.00. The molecule has 0 amide bonds. The Morgan fingerprint density at radius 2 is 2.38 bits per heavy atom. The summed E-state index contributed by atoms with van der Waals surface area (Å²) < 4.78 is 1.94. The van der Waals surface area contributed by atoms with Crippen LogP contribution in [0.4, 0.5) is 5.82 Å². The second-order valence-corrected chi connectivity index (χ2v) is 4.53. The molecule has 1 N–H and O–H groups in total. The molecule has 2 rings (SSSR count). The molecule has 88 valence electrons. The third kappa shape index (κ3) is 2.65. The van der Waals surface area contributed by atoms with E-state index in [2.05, 4.69) is 35.6 Å². The lowest BCUT2D eigenvalue weighted by Gasteiger charge is -2.18. The first-order valence-corrected chi connectivity index (χ1v) is 6.21. The highest BCUT2D eigenvalue weighted by molar-refractivity contribution is 5.37. The minimum Gasteiger partial charge on any atom is -0.370 e. The van der Waals surface area contributed by atoms with E-state index in [1.54, 1.807) is 0 Å². The summed E-state index contributed by atoms with van der Waals surface area (Å²) in [6, 6.07) is 2.15. The molecule has 0 saturated heterocycles. The van der Waals surface area contributed by atoms with Crippen LogP contribution in [0.15, 0.2) is 18.2 Å². The van der Waals surface area contributed by atoms with Crippen molar-refractivity contribution >= 4 is 5.82 Å². The smallest absolute Gasteiger partial charge is 0.124 e. The minimum atomic E-state index is 0.782. The zero-order chi connectivity index (χ0) is 11.4. The van der Waals surface area contributed by atoms with E-state index in [4.69, 9.17) is 0 Å². The maximum absolute atomic E-state index is 4.43. The maximum atomic E-state index is 4.43. The quantitative estimate of drug-likeness (QED) is 0.789. The van der Waals surface area contributed by atoms with Crippen LogP contribution in [-0.4, -0.2) is 16.3 Å². The molecular formula is C13H21N3. The Bertz CT molecular complexity index is 365. The van der Waals surface area contributed by atoms with Crippen molar-refractivity contribution in [2.24, 2.45) is 13.0 Å². The molecule has 1 unspecified atom stereocenters. The van der Waals surface area contributed by atoms with Crippen molar-refractivity contribution in [3.05, 3.63) is 23.9 Å². The number of hydrogen-bond acceptors (Lipinski definition) is 2. The Balaban J connectivity index is 1.88. The van der Waals surface area contributed by atoms with Crippen molar-refractivity contribution in [3.8, 4) is 0 Å². The molecule has 0 bridgehead atoms. The van der Waals surface area contributed by atoms with E-state index in [1.807, 2.05) is 11.7 Å². The largest absolute Gasteiger partial charge is 0.370 e. The fourth-order valence-corrected chi connectivity index (χ4v) is 2.16. The first-order valence-electron chi connectivity index (χ1n) is 6.21. The number of nitrogens with zero attached hydrogens (tertiary/aromatic N) is 2. The van der Waals surface area contributed by atoms with Crippen molar-refractivity contribution in [1.82, 2.24) is 9.78 Å². The standard InChI is InChI=1S/C13H21N3/c1-3-12-9-13(16(2)15-12)14-10-11-7-5-4-6-8-11/h4-5,9,11,14H,3,6-8,10H2,1-2H3. The van der Waals surface area contributed by atoms with Gasteiger partial charge in [-0.3, -0.25) is 4.68 Å². The molecule has 0 aliphatic heterocycles. The van der Waals surface area contributed by atoms with Crippen molar-refractivity contribution in [2.45, 2.75) is 32.6 Å². The molecule has 0 spiro atoms. The molecule has 0 radical (unpaired) electrons. The molecule has 0 aromatic carbocycles. The molecule has 16 heavy (non-hydrogen) atoms. The van der Waals surface area contributed by atoms with E-state index in [-0.39, 0.29) is 0 Å². The van der Waals surface area contributed by atoms with Gasteiger partial charge in [0.15, 0.2) is 0 Å². The molecule has 1 aromatic rings. The summed E-state index contributed by atoms with van der Waals surface area (Å²) in [5.74, 6) is 1.93. The first-order chi connectivity index (χ1) is 7.79. The summed E-state index contributed by atoms with van der Waals surface area (Å²) in [4.78, 5) is 0. The van der Waals surface area contributed by atoms with Crippen molar-refractivity contribution < 1.29 is 0 Å². The summed E-state index contributed by atoms with van der Waals surface area (Å²) in [5, 5.41) is 7.94. The lowest BCUT2D eigenvalue weighted by Crippen LogP contribution is -2.16. The van der Waals surface area contributed by atoms with Crippen LogP contribution in [0.5, 0.6) is 0 Å². The molecule has 1 aromatic heterocycles. The SMILES string of the molecule is CCc1cc(NCC2CC=CCC2)n(C)n1. The average Bonchev–Trinajstić information content (AvgIpc) is 2.69. The van der Waals surface area contributed by atoms with E-state index in [9.17, 15) is 0 Å². The summed E-state index contributed by atoms with van der Waals surface area (Å²) in [6.07, 6.45) is 9.35. The number of anilines is 1. The van der Waals surface area contributed by atoms with Gasteiger partial charge in [0.1, 0.15) is 5.82 Å². The molecule has 1 atom stereocenters. The van der Waals surface area contributed by atoms with Gasteiger partial charge >= 0.3 is 0 Å². The van der Waals surface area contributed by atoms with Gasteiger partial charge in [-0.1, -0.05) is 19.1 Å². The monoisotopic (exact) mass is 219 g/mol. The van der Waals surface area contributed by atoms with Crippen LogP contribution in [0, 0.1) is 5.92 Å². The Morgan fingerprint density at radius 3 is 3.00 bits per heavy atom. The van der Waals surface area contributed by atoms with Gasteiger partial charge in [-0.2, -0.15) is 5.10 Å². The van der Waals surface area contributed by atoms with Crippen LogP contribution in [0.1, 0.15) is 31.9 Å². The number of hydrogen-bond donors (Lipinski definition) is 1. The zero-order valence-electron chi connectivity index (χ0n) is 10.2. The maximum Gasteiger partial charge on any atom is 0.124 e. The Kier molecular flexibility index (Phi) is 3.65. The Morgan fingerprint density at radius 1 is 1.50 bits per heavy atom. The van der Waals surface area contributed by atoms with Gasteiger partial charge in [-0.25, -0.2) is 0 Å². The number of aromatic nitrogens is 2. The summed E-state index contributed by atoms with van der Waals surface area (Å²) in [5.41, 5.74) is 1.16. The highest BCUT2D eigenvalue weighted by Gasteiger charge is 2.10. The van der Waals surface area contributed by atoms with Crippen molar-refractivity contribution in [2.75, 3.05) is 11.9 Å². The molecule has 0 saturated carbocycles. The third-order valence-electron chi connectivity index (χ3n) is 3.24. The van der Waals surface area contributed by atoms with Crippen LogP contribution in [0.25, 0.3) is 0 Å². The Labute approximate surface area is 97.5 Å². The number of nitrogens with one attached hydrogen (secondary N) is 1. The van der Waals surface area contributed by atoms with Crippen LogP contribution in [-0.2, 0) is 13.5 Å². The van der Waals surface area contributed by atoms with Gasteiger partial charge in [-0.05, 0) is 31.6 Å². The fraction of sp³-hybridized carbons (Fsp3) is 0.615. The van der Waals surface area contributed by atoms with E-state index >= 15 is 0 Å². The van der Waals surface area contributed by atoms with E-state index in [0.29, 0.717) is 0 Å². The molecule has 1 aliphatic rings. The van der Waals surface area contributed by atoms with Gasteiger partial charge < -0.3 is 5.32 Å². The van der Waals surface area contributed by atoms with Gasteiger partial charge in [0, 0.05) is 19.7 Å². The molecular weight excluding hydrogens is 198 g/mol. The molecule has 3 heteroatoms. The predicted octanol–water partition coefficient (Wildman–Crippen LogP) is 2.75. The summed E-state index contributed by atoms with van der Waals surface area (Å²) >= 11 is 0. The van der Waals surface area contributed by atoms with E-state index in [1.165, 1.54) is 19.3 Å². The van der Waals surface area contributed by atoms with Crippen LogP contribution in [0.2, 0.25) is 0 Å². The van der Waals surface area contributed by atoms with E-state index < -0.39 is 0 Å². The van der Waals surface area contributed by atoms with Crippen molar-refractivity contribution in [1.29, 1.82) is 0 Å². The molecule has 1 heterocycles. The fourth-order valence-electron chi connectivity index (χ4n) is 2.16. The van der Waals surface area contributed by atoms with Gasteiger partial charge in [0.25, 0.3) is 0 Å². The van der Waals surface area contributed by atoms with Gasteiger partial charge in [0.05, 0.1) is 5.69 Å². The molecule has 1 aliphatic carbocycles. The van der Waals surface area contributed by atoms with Crippen molar-refractivity contribution in [3.63, 3.8) is 0 Å². The molecule has 0 fully saturated rings. The van der Waals surface area contributed by atoms with Crippen LogP contribution < -0.4 is 5.32 Å². The normalized spacial score (nSPS) is 20.0. The average molecular weight is 219 g/mol. The summed E-state index contributed by atoms with van der Waals surface area (Å²) in [6.45, 7) is 3.20. The van der Waals surface area contributed by atoms with E-state index in [0.717, 1.165) is 30.4 Å². The Hall–Kier alpha value is -1.25. The highest BCUT2D eigenvalue weighted by atomic mass is 15.3. The lowest BCUT2D eigenvalue weighted by atomic mass is 9.94. The topological polar surface area (TPSA) is 29.9 Å². The second-order valence-electron chi connectivity index (χ2n) is 4.53. The highest BCUT2D eigenvalue weighted by Crippen LogP contribution is 2.19. The number of aryl methyl sites for hydroxylation is 2. The number of allylic oxidation sites excluding steroid dienone is 2. The zero-order valence-corrected chi connectivity index (χ0v) is 10.2. The number of rotatable bonds is 4. The molecule has 3 nitrogen and oxygen atoms in total. The predicted molar refractivity (Wildman–Crippen MR) is 67.6 cm³/mol.